The van der Waals surface area contributed by atoms with Crippen molar-refractivity contribution in [3.05, 3.63) is 0 Å². The number of halogens is 3. The highest BCUT2D eigenvalue weighted by atomic mass is 32.2. The van der Waals surface area contributed by atoms with Crippen LogP contribution in [0.15, 0.2) is 0 Å². The molecular formula is C8H13F3O5S. The van der Waals surface area contributed by atoms with E-state index in [1.807, 2.05) is 0 Å². The highest BCUT2D eigenvalue weighted by Crippen LogP contribution is 2.26. The van der Waals surface area contributed by atoms with Crippen molar-refractivity contribution in [2.24, 2.45) is 0 Å². The smallest absolute Gasteiger partial charge is 0.348 e. The molecule has 0 aromatic rings. The van der Waals surface area contributed by atoms with Crippen molar-refractivity contribution in [2.75, 3.05) is 13.2 Å². The van der Waals surface area contributed by atoms with Crippen LogP contribution in [0.25, 0.3) is 0 Å². The highest BCUT2D eigenvalue weighted by Gasteiger charge is 2.47. The molecule has 1 saturated heterocycles. The van der Waals surface area contributed by atoms with E-state index in [9.17, 15) is 21.6 Å². The minimum atomic E-state index is -5.51. The molecule has 5 nitrogen and oxygen atoms in total. The van der Waals surface area contributed by atoms with Gasteiger partial charge in [0.1, 0.15) is 0 Å². The Morgan fingerprint density at radius 1 is 1.41 bits per heavy atom. The van der Waals surface area contributed by atoms with Crippen molar-refractivity contribution in [1.29, 1.82) is 0 Å². The van der Waals surface area contributed by atoms with Crippen molar-refractivity contribution < 1.29 is 35.2 Å². The fourth-order valence-electron chi connectivity index (χ4n) is 1.26. The Kier molecular flexibility index (Phi) is 4.07. The predicted octanol–water partition coefficient (Wildman–Crippen LogP) is 1.39. The molecule has 0 radical (unpaired) electrons. The van der Waals surface area contributed by atoms with E-state index in [4.69, 9.17) is 9.47 Å². The molecule has 0 aromatic carbocycles. The molecule has 0 aromatic heterocycles. The summed E-state index contributed by atoms with van der Waals surface area (Å²) in [7, 11) is -5.51. The average Bonchev–Trinajstić information content (AvgIpc) is 2.43. The Bertz CT molecular complexity index is 362. The third-order valence-electron chi connectivity index (χ3n) is 2.03. The summed E-state index contributed by atoms with van der Waals surface area (Å²) < 4.78 is 71.0. The van der Waals surface area contributed by atoms with Gasteiger partial charge in [-0.05, 0) is 13.8 Å². The van der Waals surface area contributed by atoms with E-state index in [0.29, 0.717) is 0 Å². The van der Waals surface area contributed by atoms with Crippen molar-refractivity contribution in [3.8, 4) is 0 Å². The van der Waals surface area contributed by atoms with E-state index in [1.54, 1.807) is 13.8 Å². The zero-order valence-electron chi connectivity index (χ0n) is 9.28. The van der Waals surface area contributed by atoms with Gasteiger partial charge in [0.15, 0.2) is 5.79 Å². The molecule has 0 spiro atoms. The third-order valence-corrected chi connectivity index (χ3v) is 3.07. The fraction of sp³-hybridized carbons (Fsp3) is 1.00. The molecule has 0 aliphatic carbocycles. The first-order chi connectivity index (χ1) is 7.54. The summed E-state index contributed by atoms with van der Waals surface area (Å²) in [5, 5.41) is 0. The Labute approximate surface area is 97.0 Å². The molecule has 1 aliphatic heterocycles. The zero-order chi connectivity index (χ0) is 13.3. The molecule has 1 heterocycles. The summed E-state index contributed by atoms with van der Waals surface area (Å²) in [6.45, 7) is 2.91. The predicted molar refractivity (Wildman–Crippen MR) is 50.4 cm³/mol. The summed E-state index contributed by atoms with van der Waals surface area (Å²) >= 11 is 0. The lowest BCUT2D eigenvalue weighted by molar-refractivity contribution is -0.139. The second kappa shape index (κ2) is 4.71. The largest absolute Gasteiger partial charge is 0.523 e. The maximum absolute atomic E-state index is 11.9. The van der Waals surface area contributed by atoms with Crippen LogP contribution in [0.2, 0.25) is 0 Å². The van der Waals surface area contributed by atoms with Crippen molar-refractivity contribution in [1.82, 2.24) is 0 Å². The van der Waals surface area contributed by atoms with Crippen LogP contribution in [-0.2, 0) is 23.8 Å². The maximum Gasteiger partial charge on any atom is 0.523 e. The van der Waals surface area contributed by atoms with Crippen molar-refractivity contribution in [3.63, 3.8) is 0 Å². The van der Waals surface area contributed by atoms with Crippen LogP contribution in [0, 0.1) is 0 Å². The maximum atomic E-state index is 11.9. The number of hydrogen-bond acceptors (Lipinski definition) is 5. The molecule has 17 heavy (non-hydrogen) atoms. The fourth-order valence-corrected chi connectivity index (χ4v) is 1.71. The third kappa shape index (κ3) is 4.09. The first-order valence-corrected chi connectivity index (χ1v) is 6.22. The Morgan fingerprint density at radius 3 is 2.41 bits per heavy atom. The molecule has 0 saturated carbocycles. The molecule has 0 bridgehead atoms. The monoisotopic (exact) mass is 278 g/mol. The van der Waals surface area contributed by atoms with Crippen LogP contribution in [0.1, 0.15) is 20.3 Å². The minimum Gasteiger partial charge on any atom is -0.348 e. The second-order valence-corrected chi connectivity index (χ2v) is 5.57. The van der Waals surface area contributed by atoms with Crippen LogP contribution in [0.3, 0.4) is 0 Å². The number of alkyl halides is 3. The van der Waals surface area contributed by atoms with E-state index < -0.39 is 34.1 Å². The van der Waals surface area contributed by atoms with Crippen molar-refractivity contribution in [2.45, 2.75) is 37.7 Å². The molecule has 102 valence electrons. The summed E-state index contributed by atoms with van der Waals surface area (Å²) in [4.78, 5) is 0. The zero-order valence-corrected chi connectivity index (χ0v) is 10.1. The van der Waals surface area contributed by atoms with Crippen LogP contribution >= 0.6 is 0 Å². The lowest BCUT2D eigenvalue weighted by Crippen LogP contribution is -2.27. The molecule has 9 heteroatoms. The van der Waals surface area contributed by atoms with Crippen LogP contribution < -0.4 is 0 Å². The number of rotatable bonds is 4. The van der Waals surface area contributed by atoms with E-state index in [2.05, 4.69) is 4.18 Å². The topological polar surface area (TPSA) is 61.8 Å². The number of hydrogen-bond donors (Lipinski definition) is 0. The van der Waals surface area contributed by atoms with Crippen LogP contribution in [-0.4, -0.2) is 39.0 Å². The summed E-state index contributed by atoms with van der Waals surface area (Å²) in [6, 6.07) is 0. The van der Waals surface area contributed by atoms with Gasteiger partial charge in [0, 0.05) is 6.42 Å². The first-order valence-electron chi connectivity index (χ1n) is 4.81. The second-order valence-electron chi connectivity index (χ2n) is 3.96. The van der Waals surface area contributed by atoms with Gasteiger partial charge in [-0.1, -0.05) is 0 Å². The Hall–Kier alpha value is -0.380. The summed E-state index contributed by atoms with van der Waals surface area (Å²) in [5.41, 5.74) is -5.39. The SMILES string of the molecule is CC1(C)OCC(CCOS(=O)(=O)C(F)(F)F)O1. The quantitative estimate of drug-likeness (QED) is 0.574. The molecule has 0 N–H and O–H groups in total. The van der Waals surface area contributed by atoms with Gasteiger partial charge in [-0.2, -0.15) is 21.6 Å². The average molecular weight is 278 g/mol. The normalized spacial score (nSPS) is 25.1. The van der Waals surface area contributed by atoms with E-state index in [0.717, 1.165) is 0 Å². The summed E-state index contributed by atoms with van der Waals surface area (Å²) in [6.07, 6.45) is -0.452. The Morgan fingerprint density at radius 2 is 2.00 bits per heavy atom. The van der Waals surface area contributed by atoms with Crippen LogP contribution in [0.4, 0.5) is 13.2 Å². The van der Waals surface area contributed by atoms with Gasteiger partial charge >= 0.3 is 15.6 Å². The first kappa shape index (κ1) is 14.7. The molecule has 1 fully saturated rings. The highest BCUT2D eigenvalue weighted by molar-refractivity contribution is 7.87. The van der Waals surface area contributed by atoms with E-state index in [1.165, 1.54) is 0 Å². The molecular weight excluding hydrogens is 265 g/mol. The van der Waals surface area contributed by atoms with Gasteiger partial charge in [0.05, 0.1) is 19.3 Å². The molecule has 1 atom stereocenters. The number of ether oxygens (including phenoxy) is 2. The molecule has 1 unspecified atom stereocenters. The van der Waals surface area contributed by atoms with Crippen LogP contribution in [0.5, 0.6) is 0 Å². The Balaban J connectivity index is 2.35. The van der Waals surface area contributed by atoms with Gasteiger partial charge in [-0.15, -0.1) is 0 Å². The van der Waals surface area contributed by atoms with Gasteiger partial charge in [0.25, 0.3) is 0 Å². The van der Waals surface area contributed by atoms with Gasteiger partial charge < -0.3 is 9.47 Å². The minimum absolute atomic E-state index is 0.0126. The molecule has 1 rings (SSSR count). The molecule has 1 aliphatic rings. The lowest BCUT2D eigenvalue weighted by Gasteiger charge is -2.17. The van der Waals surface area contributed by atoms with Crippen molar-refractivity contribution >= 4 is 10.1 Å². The van der Waals surface area contributed by atoms with Gasteiger partial charge in [-0.3, -0.25) is 4.18 Å². The standard InChI is InChI=1S/C8H13F3O5S/c1-7(2)14-5-6(16-7)3-4-15-17(12,13)8(9,10)11/h6H,3-5H2,1-2H3. The molecule has 0 amide bonds. The summed E-state index contributed by atoms with van der Waals surface area (Å²) in [5.74, 6) is -0.798. The van der Waals surface area contributed by atoms with Gasteiger partial charge in [0.2, 0.25) is 0 Å². The van der Waals surface area contributed by atoms with E-state index in [-0.39, 0.29) is 13.0 Å². The van der Waals surface area contributed by atoms with E-state index >= 15 is 0 Å². The lowest BCUT2D eigenvalue weighted by atomic mass is 10.3. The van der Waals surface area contributed by atoms with Gasteiger partial charge in [-0.25, -0.2) is 0 Å².